The Balaban J connectivity index is 1.29. The predicted molar refractivity (Wildman–Crippen MR) is 284 cm³/mol. The molecule has 2 aliphatic rings. The summed E-state index contributed by atoms with van der Waals surface area (Å²) < 4.78 is 22.2. The Morgan fingerprint density at radius 1 is 0.727 bits per heavy atom. The Morgan fingerprint density at radius 2 is 1.36 bits per heavy atom. The van der Waals surface area contributed by atoms with Gasteiger partial charge in [-0.15, -0.1) is 0 Å². The Morgan fingerprint density at radius 3 is 1.92 bits per heavy atom. The minimum Gasteiger partial charge on any atom is -0.497 e. The van der Waals surface area contributed by atoms with Gasteiger partial charge in [0.25, 0.3) is 5.91 Å². The third kappa shape index (κ3) is 15.5. The molecule has 2 aromatic carbocycles. The summed E-state index contributed by atoms with van der Waals surface area (Å²) in [5.74, 6) is -4.90. The topological polar surface area (TPSA) is 293 Å². The maximum atomic E-state index is 14.7. The van der Waals surface area contributed by atoms with Gasteiger partial charge in [-0.1, -0.05) is 39.8 Å². The van der Waals surface area contributed by atoms with Gasteiger partial charge < -0.3 is 65.4 Å². The number of β-amino-alcohol motifs (C(OH)–C–C–N with tert-alkyl or cyclic N) is 1. The first-order valence-electron chi connectivity index (χ1n) is 26.3. The summed E-state index contributed by atoms with van der Waals surface area (Å²) in [7, 11) is 4.46. The number of Topliss-reactive ketones (excluding diaryl/α,β-unsaturated/α-hetero) is 1. The molecule has 7 N–H and O–H groups in total. The maximum absolute atomic E-state index is 14.7. The van der Waals surface area contributed by atoms with Crippen LogP contribution in [0.25, 0.3) is 11.0 Å². The number of hydrogen-bond donors (Lipinski definition) is 7. The lowest BCUT2D eigenvalue weighted by Gasteiger charge is -2.31. The summed E-state index contributed by atoms with van der Waals surface area (Å²) >= 11 is 0. The summed E-state index contributed by atoms with van der Waals surface area (Å²) in [5.41, 5.74) is 1.61. The lowest BCUT2D eigenvalue weighted by molar-refractivity contribution is -0.143. The van der Waals surface area contributed by atoms with Crippen LogP contribution in [0, 0.1) is 18.8 Å². The molecule has 22 nitrogen and oxygen atoms in total. The van der Waals surface area contributed by atoms with Crippen molar-refractivity contribution in [1.29, 1.82) is 0 Å². The van der Waals surface area contributed by atoms with E-state index in [0.29, 0.717) is 47.5 Å². The second-order valence-electron chi connectivity index (χ2n) is 20.9. The summed E-state index contributed by atoms with van der Waals surface area (Å²) in [5, 5.41) is 26.9. The van der Waals surface area contributed by atoms with Gasteiger partial charge in [0.1, 0.15) is 53.8 Å². The molecule has 77 heavy (non-hydrogen) atoms. The van der Waals surface area contributed by atoms with Crippen LogP contribution in [-0.2, 0) is 44.8 Å². The van der Waals surface area contributed by atoms with E-state index in [1.165, 1.54) is 51.9 Å². The van der Waals surface area contributed by atoms with Crippen LogP contribution >= 0.6 is 0 Å². The van der Waals surface area contributed by atoms with Crippen LogP contribution in [0.1, 0.15) is 116 Å². The van der Waals surface area contributed by atoms with E-state index in [1.54, 1.807) is 45.0 Å². The summed E-state index contributed by atoms with van der Waals surface area (Å²) in [4.78, 5) is 127. The maximum Gasteiger partial charge on any atom is 0.287 e. The molecule has 2 saturated heterocycles. The van der Waals surface area contributed by atoms with E-state index < -0.39 is 102 Å². The first-order chi connectivity index (χ1) is 36.4. The van der Waals surface area contributed by atoms with E-state index in [0.717, 1.165) is 5.56 Å². The number of ketones is 1. The molecular weight excluding hydrogens is 997 g/mol. The number of hydrogen-bond acceptors (Lipinski definition) is 14. The quantitative estimate of drug-likeness (QED) is 0.0643. The Bertz CT molecular complexity index is 2630. The number of aliphatic hydroxyl groups is 1. The van der Waals surface area contributed by atoms with Gasteiger partial charge in [0.05, 0.1) is 27.4 Å². The van der Waals surface area contributed by atoms with Crippen molar-refractivity contribution in [2.45, 2.75) is 162 Å². The smallest absolute Gasteiger partial charge is 0.287 e. The molecule has 8 amide bonds. The third-order valence-electron chi connectivity index (χ3n) is 14.0. The van der Waals surface area contributed by atoms with Gasteiger partial charge in [-0.3, -0.25) is 43.2 Å². The fourth-order valence-electron chi connectivity index (χ4n) is 9.70. The molecule has 0 unspecified atom stereocenters. The second kappa shape index (κ2) is 27.2. The molecule has 0 saturated carbocycles. The van der Waals surface area contributed by atoms with Crippen molar-refractivity contribution >= 4 is 64.0 Å². The van der Waals surface area contributed by atoms with Gasteiger partial charge in [0.15, 0.2) is 17.1 Å². The summed E-state index contributed by atoms with van der Waals surface area (Å²) in [6, 6.07) is 2.04. The number of rotatable bonds is 25. The van der Waals surface area contributed by atoms with Gasteiger partial charge in [-0.05, 0) is 115 Å². The van der Waals surface area contributed by atoms with Crippen molar-refractivity contribution in [1.82, 2.24) is 41.7 Å². The van der Waals surface area contributed by atoms with Gasteiger partial charge >= 0.3 is 0 Å². The molecule has 3 aromatic rings. The normalized spacial score (nSPS) is 18.6. The molecule has 0 aliphatic carbocycles. The fourth-order valence-corrected chi connectivity index (χ4v) is 9.70. The number of methoxy groups -OCH3 is 3. The Hall–Kier alpha value is -7.23. The Labute approximate surface area is 449 Å². The molecule has 1 aromatic heterocycles. The molecule has 2 aliphatic heterocycles. The zero-order valence-corrected chi connectivity index (χ0v) is 46.3. The van der Waals surface area contributed by atoms with Crippen LogP contribution < -0.4 is 46.1 Å². The predicted octanol–water partition coefficient (Wildman–Crippen LogP) is 2.62. The van der Waals surface area contributed by atoms with Crippen molar-refractivity contribution in [3.63, 3.8) is 0 Å². The zero-order valence-electron chi connectivity index (χ0n) is 46.3. The molecule has 0 spiro atoms. The first-order valence-corrected chi connectivity index (χ1v) is 26.3. The highest BCUT2D eigenvalue weighted by Gasteiger charge is 2.41. The largest absolute Gasteiger partial charge is 0.497 e. The number of furan rings is 1. The number of carbonyl (C=O) groups excluding carboxylic acids is 9. The van der Waals surface area contributed by atoms with Crippen LogP contribution in [0.4, 0.5) is 0 Å². The van der Waals surface area contributed by atoms with Gasteiger partial charge in [-0.2, -0.15) is 0 Å². The summed E-state index contributed by atoms with van der Waals surface area (Å²) in [6.45, 7) is 15.1. The summed E-state index contributed by atoms with van der Waals surface area (Å²) in [6.07, 6.45) is 0.418. The van der Waals surface area contributed by atoms with Crippen LogP contribution in [0.2, 0.25) is 0 Å². The minimum atomic E-state index is -1.45. The molecule has 0 bridgehead atoms. The second-order valence-corrected chi connectivity index (χ2v) is 20.9. The number of nitrogens with one attached hydrogen (secondary N) is 6. The Kier molecular flexibility index (Phi) is 21.4. The highest BCUT2D eigenvalue weighted by atomic mass is 16.5. The number of aliphatic hydroxyl groups excluding tert-OH is 1. The van der Waals surface area contributed by atoms with E-state index in [9.17, 15) is 48.3 Å². The number of fused-ring (bicyclic) bond motifs is 1. The first kappa shape index (κ1) is 60.6. The van der Waals surface area contributed by atoms with E-state index in [2.05, 4.69) is 31.9 Å². The number of likely N-dealkylation sites (tertiary alicyclic amines) is 2. The molecule has 5 rings (SSSR count). The molecule has 22 heteroatoms. The van der Waals surface area contributed by atoms with Gasteiger partial charge in [0, 0.05) is 36.5 Å². The van der Waals surface area contributed by atoms with Crippen LogP contribution in [0.3, 0.4) is 0 Å². The lowest BCUT2D eigenvalue weighted by atomic mass is 10.0. The van der Waals surface area contributed by atoms with Crippen molar-refractivity contribution in [3.05, 3.63) is 53.3 Å². The average Bonchev–Trinajstić information content (AvgIpc) is 4.11. The number of ether oxygens (including phenoxy) is 3. The van der Waals surface area contributed by atoms with Crippen molar-refractivity contribution in [3.8, 4) is 17.2 Å². The fraction of sp³-hybridized carbons (Fsp3) is 0.582. The van der Waals surface area contributed by atoms with Gasteiger partial charge in [0.2, 0.25) is 47.1 Å². The molecular formula is C55H78N8O14. The van der Waals surface area contributed by atoms with Crippen LogP contribution in [0.5, 0.6) is 17.2 Å². The molecule has 2 fully saturated rings. The minimum absolute atomic E-state index is 0.0423. The number of aryl methyl sites for hydroxylation is 2. The number of amides is 8. The molecule has 3 heterocycles. The highest BCUT2D eigenvalue weighted by molar-refractivity contribution is 6.03. The van der Waals surface area contributed by atoms with Crippen molar-refractivity contribution in [2.24, 2.45) is 11.8 Å². The van der Waals surface area contributed by atoms with Crippen molar-refractivity contribution in [2.75, 3.05) is 34.4 Å². The SMILES string of the molecule is COc1ccc(CC[C@H](NC(=O)[C@H](C)NC(=O)[C@H](CC(C)C)NC(=O)c2oc3c(OC)c(OC)ccc3c2C)C(=O)N2CCC[C@H]2C(=O)N[C@@H](CC(C)=O)C(=O)N[C@@H](C)C(=O)N[C@H](C(=O)N2C[C@H](O)C[C@H]2C)C(C)C)cc1. The monoisotopic (exact) mass is 1070 g/mol. The highest BCUT2D eigenvalue weighted by Crippen LogP contribution is 2.39. The van der Waals surface area contributed by atoms with E-state index in [4.69, 9.17) is 18.6 Å². The molecule has 422 valence electrons. The van der Waals surface area contributed by atoms with E-state index in [-0.39, 0.29) is 67.5 Å². The zero-order chi connectivity index (χ0) is 57.0. The van der Waals surface area contributed by atoms with E-state index in [1.807, 2.05) is 32.9 Å². The number of carbonyl (C=O) groups is 9. The molecule has 0 radical (unpaired) electrons. The lowest BCUT2D eigenvalue weighted by Crippen LogP contribution is -2.60. The average molecular weight is 1080 g/mol. The van der Waals surface area contributed by atoms with E-state index >= 15 is 0 Å². The van der Waals surface area contributed by atoms with Crippen LogP contribution in [0.15, 0.2) is 40.8 Å². The number of benzene rings is 2. The molecule has 9 atom stereocenters. The van der Waals surface area contributed by atoms with Gasteiger partial charge in [-0.25, -0.2) is 0 Å². The standard InChI is InChI=1S/C55H78N8O14/c1-28(2)24-40(60-53(71)45-32(7)38-20-22-43(75-11)47(76-12)46(38)77-45)50(68)56-33(8)48(66)58-39(21-17-35-15-18-37(74-10)19-16-35)54(72)62-23-13-14-42(62)52(70)59-41(26-31(6)64)51(69)57-34(9)49(67)61-44(29(3)4)55(73)63-27-36(65)25-30(63)5/h15-16,18-20,22,28-30,33-34,36,39-42,44,65H,13-14,17,21,23-27H2,1-12H3,(H,56,68)(H,57,69)(H,58,66)(H,59,70)(H,60,71)(H,61,67)/t30-,33+,34+,36-,39+,40+,41+,42+,44+/m1/s1. The number of nitrogens with zero attached hydrogens (tertiary/aromatic N) is 2. The van der Waals surface area contributed by atoms with Crippen molar-refractivity contribution < 1.29 is 66.9 Å². The van der Waals surface area contributed by atoms with Crippen LogP contribution in [-0.4, -0.2) is 157 Å². The third-order valence-corrected chi connectivity index (χ3v) is 14.0.